The summed E-state index contributed by atoms with van der Waals surface area (Å²) < 4.78 is 0. The van der Waals surface area contributed by atoms with Crippen LogP contribution in [0.5, 0.6) is 0 Å². The van der Waals surface area contributed by atoms with Crippen molar-refractivity contribution < 1.29 is 20.4 Å². The zero-order chi connectivity index (χ0) is 18.2. The number of rotatable bonds is 1. The van der Waals surface area contributed by atoms with Crippen LogP contribution >= 0.6 is 0 Å². The monoisotopic (exact) mass is 352 g/mol. The summed E-state index contributed by atoms with van der Waals surface area (Å²) in [6.07, 6.45) is 5.73. The Morgan fingerprint density at radius 2 is 1.56 bits per heavy atom. The van der Waals surface area contributed by atoms with Gasteiger partial charge in [-0.1, -0.05) is 13.8 Å². The van der Waals surface area contributed by atoms with Gasteiger partial charge in [0.15, 0.2) is 0 Å². The van der Waals surface area contributed by atoms with E-state index in [2.05, 4.69) is 13.8 Å². The summed E-state index contributed by atoms with van der Waals surface area (Å²) in [5.74, 6) is 1.59. The summed E-state index contributed by atoms with van der Waals surface area (Å²) in [6.45, 7) is 6.26. The minimum absolute atomic E-state index is 0.106. The van der Waals surface area contributed by atoms with Gasteiger partial charge in [-0.3, -0.25) is 0 Å². The average molecular weight is 353 g/mol. The summed E-state index contributed by atoms with van der Waals surface area (Å²) in [5, 5.41) is 42.6. The molecule has 4 rings (SSSR count). The number of aliphatic hydroxyl groups is 4. The van der Waals surface area contributed by atoms with Gasteiger partial charge in [-0.2, -0.15) is 0 Å². The van der Waals surface area contributed by atoms with Gasteiger partial charge < -0.3 is 20.4 Å². The first-order valence-corrected chi connectivity index (χ1v) is 10.4. The molecule has 0 aromatic heterocycles. The highest BCUT2D eigenvalue weighted by Gasteiger charge is 2.66. The second-order valence-corrected chi connectivity index (χ2v) is 10.3. The SMILES string of the molecule is C[C@@H](O)[C@@]1(O)CC[C@H]2[C@@H]3C[C@H](O)[C@H]4C[C@H](O)CC[C@]4(C)[C@H]3CC[C@@]21C. The van der Waals surface area contributed by atoms with Crippen LogP contribution in [0, 0.1) is 34.5 Å². The normalized spacial score (nSPS) is 59.6. The van der Waals surface area contributed by atoms with Crippen LogP contribution in [0.25, 0.3) is 0 Å². The fraction of sp³-hybridized carbons (Fsp3) is 1.00. The number of aliphatic hydroxyl groups excluding tert-OH is 3. The second kappa shape index (κ2) is 5.67. The summed E-state index contributed by atoms with van der Waals surface area (Å²) in [5.41, 5.74) is -1.14. The Morgan fingerprint density at radius 1 is 0.880 bits per heavy atom. The average Bonchev–Trinajstić information content (AvgIpc) is 2.83. The van der Waals surface area contributed by atoms with Gasteiger partial charge in [0.05, 0.1) is 23.9 Å². The molecular formula is C21H36O4. The minimum Gasteiger partial charge on any atom is -0.393 e. The molecule has 0 amide bonds. The van der Waals surface area contributed by atoms with Crippen molar-refractivity contribution in [1.82, 2.24) is 0 Å². The lowest BCUT2D eigenvalue weighted by atomic mass is 9.43. The van der Waals surface area contributed by atoms with E-state index in [4.69, 9.17) is 0 Å². The molecule has 0 spiro atoms. The Hall–Kier alpha value is -0.160. The van der Waals surface area contributed by atoms with Crippen molar-refractivity contribution >= 4 is 0 Å². The van der Waals surface area contributed by atoms with Crippen molar-refractivity contribution in [3.63, 3.8) is 0 Å². The predicted molar refractivity (Wildman–Crippen MR) is 95.8 cm³/mol. The third kappa shape index (κ3) is 2.27. The standard InChI is InChI=1S/C21H36O4/c1-12(22)21(25)9-6-16-14-11-18(24)17-10-13(23)4-7-19(17,2)15(14)5-8-20(16,21)3/h12-18,22-25H,4-11H2,1-3H3/t12-,13-,14-,15+,16+,17-,18+,19-,20+,21+/m1/s1. The summed E-state index contributed by atoms with van der Waals surface area (Å²) in [6, 6.07) is 0. The highest BCUT2D eigenvalue weighted by Crippen LogP contribution is 2.68. The van der Waals surface area contributed by atoms with Crippen LogP contribution in [-0.2, 0) is 0 Å². The van der Waals surface area contributed by atoms with Gasteiger partial charge in [0.1, 0.15) is 0 Å². The molecule has 0 unspecified atom stereocenters. The maximum absolute atomic E-state index is 11.3. The van der Waals surface area contributed by atoms with Gasteiger partial charge in [-0.15, -0.1) is 0 Å². The highest BCUT2D eigenvalue weighted by atomic mass is 16.3. The van der Waals surface area contributed by atoms with E-state index in [-0.39, 0.29) is 29.0 Å². The molecule has 4 heteroatoms. The molecule has 0 aliphatic heterocycles. The predicted octanol–water partition coefficient (Wildman–Crippen LogP) is 2.47. The first kappa shape index (κ1) is 18.2. The van der Waals surface area contributed by atoms with Crippen LogP contribution in [0.4, 0.5) is 0 Å². The van der Waals surface area contributed by atoms with Gasteiger partial charge in [-0.25, -0.2) is 0 Å². The zero-order valence-electron chi connectivity index (χ0n) is 16.0. The van der Waals surface area contributed by atoms with E-state index in [1.54, 1.807) is 6.92 Å². The molecule has 4 saturated carbocycles. The fourth-order valence-electron chi connectivity index (χ4n) is 8.02. The highest BCUT2D eigenvalue weighted by molar-refractivity contribution is 5.16. The van der Waals surface area contributed by atoms with Crippen LogP contribution in [-0.4, -0.2) is 44.3 Å². The van der Waals surface area contributed by atoms with Crippen molar-refractivity contribution in [1.29, 1.82) is 0 Å². The lowest BCUT2D eigenvalue weighted by Crippen LogP contribution is -2.61. The topological polar surface area (TPSA) is 80.9 Å². The van der Waals surface area contributed by atoms with Crippen molar-refractivity contribution in [3.8, 4) is 0 Å². The molecule has 0 saturated heterocycles. The van der Waals surface area contributed by atoms with E-state index >= 15 is 0 Å². The molecular weight excluding hydrogens is 316 g/mol. The van der Waals surface area contributed by atoms with E-state index in [0.717, 1.165) is 44.9 Å². The van der Waals surface area contributed by atoms with Crippen molar-refractivity contribution in [2.75, 3.05) is 0 Å². The van der Waals surface area contributed by atoms with Crippen LogP contribution < -0.4 is 0 Å². The van der Waals surface area contributed by atoms with E-state index in [9.17, 15) is 20.4 Å². The van der Waals surface area contributed by atoms with E-state index in [0.29, 0.717) is 24.2 Å². The molecule has 144 valence electrons. The largest absolute Gasteiger partial charge is 0.393 e. The Bertz CT molecular complexity index is 536. The van der Waals surface area contributed by atoms with Gasteiger partial charge in [0, 0.05) is 5.41 Å². The smallest absolute Gasteiger partial charge is 0.0958 e. The summed E-state index contributed by atoms with van der Waals surface area (Å²) in [7, 11) is 0. The van der Waals surface area contributed by atoms with E-state index in [1.165, 1.54) is 0 Å². The molecule has 0 aromatic rings. The van der Waals surface area contributed by atoms with Gasteiger partial charge in [0.25, 0.3) is 0 Å². The first-order chi connectivity index (χ1) is 11.6. The van der Waals surface area contributed by atoms with Crippen LogP contribution in [0.15, 0.2) is 0 Å². The Kier molecular flexibility index (Phi) is 4.13. The zero-order valence-corrected chi connectivity index (χ0v) is 16.0. The molecule has 4 nitrogen and oxygen atoms in total. The molecule has 25 heavy (non-hydrogen) atoms. The molecule has 0 aromatic carbocycles. The third-order valence-electron chi connectivity index (χ3n) is 9.56. The lowest BCUT2D eigenvalue weighted by molar-refractivity contribution is -0.203. The lowest BCUT2D eigenvalue weighted by Gasteiger charge is -2.62. The first-order valence-electron chi connectivity index (χ1n) is 10.4. The number of fused-ring (bicyclic) bond motifs is 5. The van der Waals surface area contributed by atoms with E-state index < -0.39 is 11.7 Å². The maximum atomic E-state index is 11.3. The number of hydrogen-bond donors (Lipinski definition) is 4. The van der Waals surface area contributed by atoms with Crippen molar-refractivity contribution in [2.24, 2.45) is 34.5 Å². The van der Waals surface area contributed by atoms with Crippen LogP contribution in [0.2, 0.25) is 0 Å². The molecule has 4 aliphatic carbocycles. The van der Waals surface area contributed by atoms with Gasteiger partial charge >= 0.3 is 0 Å². The quantitative estimate of drug-likeness (QED) is 0.584. The summed E-state index contributed by atoms with van der Waals surface area (Å²) >= 11 is 0. The van der Waals surface area contributed by atoms with Crippen LogP contribution in [0.3, 0.4) is 0 Å². The Balaban J connectivity index is 1.67. The molecule has 0 radical (unpaired) electrons. The Labute approximate surface area is 151 Å². The van der Waals surface area contributed by atoms with Gasteiger partial charge in [-0.05, 0) is 87.4 Å². The molecule has 4 N–H and O–H groups in total. The second-order valence-electron chi connectivity index (χ2n) is 10.3. The van der Waals surface area contributed by atoms with Crippen molar-refractivity contribution in [2.45, 2.75) is 96.1 Å². The number of hydrogen-bond acceptors (Lipinski definition) is 4. The van der Waals surface area contributed by atoms with Crippen LogP contribution in [0.1, 0.15) is 72.1 Å². The molecule has 4 fully saturated rings. The van der Waals surface area contributed by atoms with Crippen molar-refractivity contribution in [3.05, 3.63) is 0 Å². The molecule has 0 bridgehead atoms. The molecule has 10 atom stereocenters. The molecule has 4 aliphatic rings. The Morgan fingerprint density at radius 3 is 2.24 bits per heavy atom. The minimum atomic E-state index is -0.992. The van der Waals surface area contributed by atoms with E-state index in [1.807, 2.05) is 0 Å². The van der Waals surface area contributed by atoms with Gasteiger partial charge in [0.2, 0.25) is 0 Å². The fourth-order valence-corrected chi connectivity index (χ4v) is 8.02. The summed E-state index contributed by atoms with van der Waals surface area (Å²) in [4.78, 5) is 0. The maximum Gasteiger partial charge on any atom is 0.0958 e. The molecule has 0 heterocycles. The third-order valence-corrected chi connectivity index (χ3v) is 9.56.